The Labute approximate surface area is 63.6 Å². The van der Waals surface area contributed by atoms with Crippen molar-refractivity contribution in [3.8, 4) is 0 Å². The molecule has 50 valence electrons. The Morgan fingerprint density at radius 1 is 1.44 bits per heavy atom. The van der Waals surface area contributed by atoms with Crippen LogP contribution in [0.4, 0.5) is 0 Å². The molecule has 0 heterocycles. The predicted octanol–water partition coefficient (Wildman–Crippen LogP) is 2.43. The Morgan fingerprint density at radius 2 is 2.11 bits per heavy atom. The van der Waals surface area contributed by atoms with E-state index < -0.39 is 5.24 Å². The summed E-state index contributed by atoms with van der Waals surface area (Å²) in [7, 11) is 0. The third kappa shape index (κ3) is 1.46. The van der Waals surface area contributed by atoms with Gasteiger partial charge in [-0.15, -0.1) is 0 Å². The van der Waals surface area contributed by atoms with E-state index in [0.717, 1.165) is 19.3 Å². The minimum atomic E-state index is -0.391. The molecule has 1 aliphatic rings. The first-order valence-corrected chi connectivity index (χ1v) is 3.55. The van der Waals surface area contributed by atoms with Crippen molar-refractivity contribution in [1.29, 1.82) is 0 Å². The Balaban J connectivity index is 2.78. The van der Waals surface area contributed by atoms with Crippen molar-refractivity contribution in [3.63, 3.8) is 0 Å². The Bertz CT molecular complexity index is 172. The van der Waals surface area contributed by atoms with Crippen molar-refractivity contribution in [2.24, 2.45) is 0 Å². The molecule has 0 saturated carbocycles. The van der Waals surface area contributed by atoms with Gasteiger partial charge in [-0.2, -0.15) is 0 Å². The molecule has 0 aromatic carbocycles. The van der Waals surface area contributed by atoms with Crippen molar-refractivity contribution in [3.05, 3.63) is 10.6 Å². The summed E-state index contributed by atoms with van der Waals surface area (Å²) >= 11 is 10.8. The zero-order valence-electron chi connectivity index (χ0n) is 4.79. The van der Waals surface area contributed by atoms with Gasteiger partial charge in [-0.1, -0.05) is 11.6 Å². The van der Waals surface area contributed by atoms with E-state index in [1.165, 1.54) is 0 Å². The molecule has 9 heavy (non-hydrogen) atoms. The summed E-state index contributed by atoms with van der Waals surface area (Å²) in [5, 5.41) is 0.257. The molecule has 1 rings (SSSR count). The van der Waals surface area contributed by atoms with Crippen LogP contribution in [0.15, 0.2) is 10.6 Å². The molecule has 0 unspecified atom stereocenters. The molecule has 0 spiro atoms. The number of halogens is 2. The maximum absolute atomic E-state index is 10.5. The second-order valence-electron chi connectivity index (χ2n) is 2.01. The topological polar surface area (TPSA) is 17.1 Å². The van der Waals surface area contributed by atoms with Gasteiger partial charge in [0.05, 0.1) is 0 Å². The normalized spacial score (nSPS) is 18.9. The van der Waals surface area contributed by atoms with Crippen molar-refractivity contribution >= 4 is 28.4 Å². The van der Waals surface area contributed by atoms with Crippen LogP contribution in [0.1, 0.15) is 19.3 Å². The highest BCUT2D eigenvalue weighted by atomic mass is 35.5. The van der Waals surface area contributed by atoms with E-state index in [2.05, 4.69) is 0 Å². The molecule has 0 radical (unpaired) electrons. The Hall–Kier alpha value is -0.0100. The van der Waals surface area contributed by atoms with Crippen molar-refractivity contribution in [1.82, 2.24) is 0 Å². The highest BCUT2D eigenvalue weighted by Crippen LogP contribution is 2.29. The zero-order valence-corrected chi connectivity index (χ0v) is 6.30. The molecule has 0 bridgehead atoms. The fourth-order valence-electron chi connectivity index (χ4n) is 0.912. The average Bonchev–Trinajstić information content (AvgIpc) is 2.13. The maximum Gasteiger partial charge on any atom is 0.249 e. The first kappa shape index (κ1) is 7.10. The van der Waals surface area contributed by atoms with Gasteiger partial charge in [-0.25, -0.2) is 0 Å². The van der Waals surface area contributed by atoms with Crippen molar-refractivity contribution < 1.29 is 4.79 Å². The van der Waals surface area contributed by atoms with Crippen LogP contribution in [0.2, 0.25) is 0 Å². The minimum Gasteiger partial charge on any atom is -0.276 e. The van der Waals surface area contributed by atoms with Crippen LogP contribution in [-0.4, -0.2) is 5.24 Å². The van der Waals surface area contributed by atoms with Crippen molar-refractivity contribution in [2.45, 2.75) is 19.3 Å². The molecule has 3 heteroatoms. The predicted molar refractivity (Wildman–Crippen MR) is 37.6 cm³/mol. The Kier molecular flexibility index (Phi) is 2.14. The minimum absolute atomic E-state index is 0.391. The zero-order chi connectivity index (χ0) is 6.85. The van der Waals surface area contributed by atoms with Crippen LogP contribution in [0.3, 0.4) is 0 Å². The number of carbonyl (C=O) groups is 1. The second kappa shape index (κ2) is 2.72. The van der Waals surface area contributed by atoms with Gasteiger partial charge in [0, 0.05) is 10.6 Å². The third-order valence-corrected chi connectivity index (χ3v) is 2.03. The molecule has 0 fully saturated rings. The molecule has 1 aliphatic carbocycles. The number of rotatable bonds is 1. The van der Waals surface area contributed by atoms with Crippen LogP contribution in [-0.2, 0) is 4.79 Å². The second-order valence-corrected chi connectivity index (χ2v) is 2.81. The maximum atomic E-state index is 10.5. The molecular weight excluding hydrogens is 159 g/mol. The lowest BCUT2D eigenvalue weighted by atomic mass is 10.3. The van der Waals surface area contributed by atoms with Crippen LogP contribution >= 0.6 is 23.2 Å². The quantitative estimate of drug-likeness (QED) is 0.545. The van der Waals surface area contributed by atoms with E-state index >= 15 is 0 Å². The molecule has 0 atom stereocenters. The van der Waals surface area contributed by atoms with Gasteiger partial charge in [-0.05, 0) is 30.9 Å². The first-order chi connectivity index (χ1) is 4.22. The lowest BCUT2D eigenvalue weighted by molar-refractivity contribution is -0.108. The van der Waals surface area contributed by atoms with Gasteiger partial charge in [0.15, 0.2) is 0 Å². The molecule has 0 saturated heterocycles. The first-order valence-electron chi connectivity index (χ1n) is 2.79. The number of carbonyl (C=O) groups excluding carboxylic acids is 1. The lowest BCUT2D eigenvalue weighted by Gasteiger charge is -1.89. The van der Waals surface area contributed by atoms with Gasteiger partial charge in [-0.3, -0.25) is 4.79 Å². The van der Waals surface area contributed by atoms with Gasteiger partial charge < -0.3 is 0 Å². The smallest absolute Gasteiger partial charge is 0.249 e. The monoisotopic (exact) mass is 164 g/mol. The third-order valence-electron chi connectivity index (χ3n) is 1.39. The van der Waals surface area contributed by atoms with Crippen LogP contribution in [0.5, 0.6) is 0 Å². The van der Waals surface area contributed by atoms with E-state index in [4.69, 9.17) is 23.2 Å². The van der Waals surface area contributed by atoms with Gasteiger partial charge in [0.25, 0.3) is 0 Å². The van der Waals surface area contributed by atoms with Crippen LogP contribution in [0, 0.1) is 0 Å². The van der Waals surface area contributed by atoms with Crippen LogP contribution < -0.4 is 0 Å². The highest BCUT2D eigenvalue weighted by Gasteiger charge is 2.16. The molecule has 1 nitrogen and oxygen atoms in total. The van der Waals surface area contributed by atoms with Gasteiger partial charge in [0.2, 0.25) is 5.24 Å². The van der Waals surface area contributed by atoms with E-state index in [1.807, 2.05) is 0 Å². The number of hydrogen-bond donors (Lipinski definition) is 0. The highest BCUT2D eigenvalue weighted by molar-refractivity contribution is 6.68. The van der Waals surface area contributed by atoms with Gasteiger partial charge >= 0.3 is 0 Å². The fourth-order valence-corrected chi connectivity index (χ4v) is 1.48. The lowest BCUT2D eigenvalue weighted by Crippen LogP contribution is -1.89. The summed E-state index contributed by atoms with van der Waals surface area (Å²) in [5.41, 5.74) is 0.610. The number of allylic oxidation sites excluding steroid dienone is 2. The van der Waals surface area contributed by atoms with Gasteiger partial charge in [0.1, 0.15) is 0 Å². The fraction of sp³-hybridized carbons (Fsp3) is 0.500. The standard InChI is InChI=1S/C6H6Cl2O/c7-5-3-1-2-4(5)6(8)9/h1-3H2. The molecule has 0 N–H and O–H groups in total. The molecular formula is C6H6Cl2O. The Morgan fingerprint density at radius 3 is 2.33 bits per heavy atom. The van der Waals surface area contributed by atoms with Crippen LogP contribution in [0.25, 0.3) is 0 Å². The molecule has 0 aromatic heterocycles. The number of hydrogen-bond acceptors (Lipinski definition) is 1. The van der Waals surface area contributed by atoms with E-state index in [9.17, 15) is 4.79 Å². The summed E-state index contributed by atoms with van der Waals surface area (Å²) in [6.45, 7) is 0. The SMILES string of the molecule is O=C(Cl)C1=C(Cl)CCC1. The molecule has 0 aliphatic heterocycles. The summed E-state index contributed by atoms with van der Waals surface area (Å²) in [6, 6.07) is 0. The summed E-state index contributed by atoms with van der Waals surface area (Å²) in [5.74, 6) is 0. The van der Waals surface area contributed by atoms with E-state index in [0.29, 0.717) is 10.6 Å². The summed E-state index contributed by atoms with van der Waals surface area (Å²) < 4.78 is 0. The summed E-state index contributed by atoms with van der Waals surface area (Å²) in [4.78, 5) is 10.5. The molecule has 0 amide bonds. The largest absolute Gasteiger partial charge is 0.276 e. The van der Waals surface area contributed by atoms with Crippen molar-refractivity contribution in [2.75, 3.05) is 0 Å². The average molecular weight is 165 g/mol. The van der Waals surface area contributed by atoms with E-state index in [-0.39, 0.29) is 0 Å². The molecule has 0 aromatic rings. The van der Waals surface area contributed by atoms with E-state index in [1.54, 1.807) is 0 Å². The summed E-state index contributed by atoms with van der Waals surface area (Å²) in [6.07, 6.45) is 2.53.